The summed E-state index contributed by atoms with van der Waals surface area (Å²) in [4.78, 5) is 0. The summed E-state index contributed by atoms with van der Waals surface area (Å²) < 4.78 is 0. The van der Waals surface area contributed by atoms with Gasteiger partial charge in [-0.1, -0.05) is 13.0 Å². The smallest absolute Gasteiger partial charge is 0.0343 e. The zero-order valence-corrected chi connectivity index (χ0v) is 9.35. The predicted octanol–water partition coefficient (Wildman–Crippen LogP) is 2.32. The lowest BCUT2D eigenvalue weighted by atomic mass is 10.1. The highest BCUT2D eigenvalue weighted by Gasteiger charge is 1.94. The van der Waals surface area contributed by atoms with Crippen LogP contribution in [0.25, 0.3) is 0 Å². The molecule has 1 aromatic rings. The van der Waals surface area contributed by atoms with E-state index in [0.29, 0.717) is 0 Å². The minimum absolute atomic E-state index is 0.982. The molecule has 0 fully saturated rings. The third-order valence-electron chi connectivity index (χ3n) is 2.39. The van der Waals surface area contributed by atoms with Crippen molar-refractivity contribution in [1.82, 2.24) is 5.32 Å². The van der Waals surface area contributed by atoms with Gasteiger partial charge in [0.1, 0.15) is 0 Å². The molecular formula is C12H20N2. The molecule has 0 amide bonds. The van der Waals surface area contributed by atoms with Crippen LogP contribution in [0.5, 0.6) is 0 Å². The maximum Gasteiger partial charge on any atom is 0.0343 e. The lowest BCUT2D eigenvalue weighted by molar-refractivity contribution is 0.739. The predicted molar refractivity (Wildman–Crippen MR) is 62.9 cm³/mol. The molecule has 2 N–H and O–H groups in total. The van der Waals surface area contributed by atoms with E-state index in [1.807, 2.05) is 0 Å². The number of rotatable bonds is 5. The second kappa shape index (κ2) is 5.66. The van der Waals surface area contributed by atoms with Crippen LogP contribution in [-0.2, 0) is 0 Å². The lowest BCUT2D eigenvalue weighted by Crippen LogP contribution is -2.21. The summed E-state index contributed by atoms with van der Waals surface area (Å²) in [7, 11) is 0. The summed E-state index contributed by atoms with van der Waals surface area (Å²) in [6, 6.07) is 6.49. The normalized spacial score (nSPS) is 10.2. The fourth-order valence-corrected chi connectivity index (χ4v) is 1.32. The number of hydrogen-bond donors (Lipinski definition) is 2. The molecule has 0 aromatic heterocycles. The SMILES string of the molecule is CCNCCNc1ccc(C)c(C)c1. The fraction of sp³-hybridized carbons (Fsp3) is 0.500. The van der Waals surface area contributed by atoms with Crippen LogP contribution in [0.2, 0.25) is 0 Å². The number of aryl methyl sites for hydroxylation is 2. The molecule has 0 aliphatic carbocycles. The Labute approximate surface area is 86.7 Å². The Morgan fingerprint density at radius 3 is 2.50 bits per heavy atom. The minimum Gasteiger partial charge on any atom is -0.384 e. The second-order valence-corrected chi connectivity index (χ2v) is 3.58. The van der Waals surface area contributed by atoms with Gasteiger partial charge in [0, 0.05) is 18.8 Å². The quantitative estimate of drug-likeness (QED) is 0.700. The molecule has 0 bridgehead atoms. The lowest BCUT2D eigenvalue weighted by Gasteiger charge is -2.08. The monoisotopic (exact) mass is 192 g/mol. The van der Waals surface area contributed by atoms with Gasteiger partial charge in [0.2, 0.25) is 0 Å². The molecule has 0 radical (unpaired) electrons. The summed E-state index contributed by atoms with van der Waals surface area (Å²) in [6.45, 7) is 9.44. The van der Waals surface area contributed by atoms with Crippen LogP contribution in [0.4, 0.5) is 5.69 Å². The molecule has 0 heterocycles. The van der Waals surface area contributed by atoms with Crippen LogP contribution < -0.4 is 10.6 Å². The van der Waals surface area contributed by atoms with Gasteiger partial charge in [0.25, 0.3) is 0 Å². The van der Waals surface area contributed by atoms with Gasteiger partial charge < -0.3 is 10.6 Å². The Hall–Kier alpha value is -1.02. The highest BCUT2D eigenvalue weighted by Crippen LogP contribution is 2.13. The van der Waals surface area contributed by atoms with E-state index >= 15 is 0 Å². The van der Waals surface area contributed by atoms with Crippen molar-refractivity contribution >= 4 is 5.69 Å². The summed E-state index contributed by atoms with van der Waals surface area (Å²) in [5, 5.41) is 6.67. The Balaban J connectivity index is 2.39. The third kappa shape index (κ3) is 3.38. The van der Waals surface area contributed by atoms with Crippen molar-refractivity contribution in [2.45, 2.75) is 20.8 Å². The first-order chi connectivity index (χ1) is 6.74. The van der Waals surface area contributed by atoms with Gasteiger partial charge in [-0.15, -0.1) is 0 Å². The van der Waals surface area contributed by atoms with Gasteiger partial charge in [-0.2, -0.15) is 0 Å². The highest BCUT2D eigenvalue weighted by molar-refractivity contribution is 5.47. The van der Waals surface area contributed by atoms with E-state index in [1.165, 1.54) is 16.8 Å². The van der Waals surface area contributed by atoms with Crippen LogP contribution in [0.3, 0.4) is 0 Å². The van der Waals surface area contributed by atoms with Gasteiger partial charge in [-0.3, -0.25) is 0 Å². The average molecular weight is 192 g/mol. The summed E-state index contributed by atoms with van der Waals surface area (Å²) in [6.07, 6.45) is 0. The van der Waals surface area contributed by atoms with Crippen LogP contribution in [-0.4, -0.2) is 19.6 Å². The number of anilines is 1. The van der Waals surface area contributed by atoms with Crippen molar-refractivity contribution in [3.63, 3.8) is 0 Å². The first kappa shape index (κ1) is 11.1. The van der Waals surface area contributed by atoms with Gasteiger partial charge >= 0.3 is 0 Å². The maximum atomic E-state index is 3.38. The standard InChI is InChI=1S/C12H20N2/c1-4-13-7-8-14-12-6-5-10(2)11(3)9-12/h5-6,9,13-14H,4,7-8H2,1-3H3. The van der Waals surface area contributed by atoms with E-state index in [-0.39, 0.29) is 0 Å². The topological polar surface area (TPSA) is 24.1 Å². The summed E-state index contributed by atoms with van der Waals surface area (Å²) in [5.74, 6) is 0. The van der Waals surface area contributed by atoms with E-state index in [0.717, 1.165) is 19.6 Å². The molecular weight excluding hydrogens is 172 g/mol. The summed E-state index contributed by atoms with van der Waals surface area (Å²) in [5.41, 5.74) is 3.91. The van der Waals surface area contributed by atoms with Crippen LogP contribution >= 0.6 is 0 Å². The molecule has 1 aromatic carbocycles. The molecule has 78 valence electrons. The van der Waals surface area contributed by atoms with Crippen molar-refractivity contribution in [3.8, 4) is 0 Å². The molecule has 2 heteroatoms. The fourth-order valence-electron chi connectivity index (χ4n) is 1.32. The van der Waals surface area contributed by atoms with Gasteiger partial charge in [-0.25, -0.2) is 0 Å². The summed E-state index contributed by atoms with van der Waals surface area (Å²) >= 11 is 0. The Kier molecular flexibility index (Phi) is 4.47. The molecule has 1 rings (SSSR count). The Morgan fingerprint density at radius 2 is 1.86 bits per heavy atom. The first-order valence-corrected chi connectivity index (χ1v) is 5.26. The molecule has 2 nitrogen and oxygen atoms in total. The zero-order valence-electron chi connectivity index (χ0n) is 9.35. The molecule has 0 atom stereocenters. The van der Waals surface area contributed by atoms with Crippen molar-refractivity contribution in [1.29, 1.82) is 0 Å². The van der Waals surface area contributed by atoms with Crippen molar-refractivity contribution in [2.75, 3.05) is 25.0 Å². The first-order valence-electron chi connectivity index (χ1n) is 5.26. The molecule has 14 heavy (non-hydrogen) atoms. The highest BCUT2D eigenvalue weighted by atomic mass is 14.9. The number of likely N-dealkylation sites (N-methyl/N-ethyl adjacent to an activating group) is 1. The zero-order chi connectivity index (χ0) is 10.4. The minimum atomic E-state index is 0.982. The van der Waals surface area contributed by atoms with E-state index in [9.17, 15) is 0 Å². The average Bonchev–Trinajstić information content (AvgIpc) is 2.18. The van der Waals surface area contributed by atoms with Gasteiger partial charge in [0.15, 0.2) is 0 Å². The third-order valence-corrected chi connectivity index (χ3v) is 2.39. The molecule has 0 unspecified atom stereocenters. The van der Waals surface area contributed by atoms with Gasteiger partial charge in [-0.05, 0) is 43.7 Å². The van der Waals surface area contributed by atoms with Crippen LogP contribution in [0.1, 0.15) is 18.1 Å². The Morgan fingerprint density at radius 1 is 1.07 bits per heavy atom. The van der Waals surface area contributed by atoms with E-state index in [4.69, 9.17) is 0 Å². The number of hydrogen-bond acceptors (Lipinski definition) is 2. The van der Waals surface area contributed by atoms with E-state index in [1.54, 1.807) is 0 Å². The van der Waals surface area contributed by atoms with Gasteiger partial charge in [0.05, 0.1) is 0 Å². The van der Waals surface area contributed by atoms with Crippen molar-refractivity contribution < 1.29 is 0 Å². The molecule has 0 spiro atoms. The second-order valence-electron chi connectivity index (χ2n) is 3.58. The van der Waals surface area contributed by atoms with Crippen LogP contribution in [0.15, 0.2) is 18.2 Å². The molecule has 0 saturated heterocycles. The van der Waals surface area contributed by atoms with E-state index in [2.05, 4.69) is 49.6 Å². The number of nitrogens with one attached hydrogen (secondary N) is 2. The Bertz CT molecular complexity index is 282. The van der Waals surface area contributed by atoms with Crippen molar-refractivity contribution in [3.05, 3.63) is 29.3 Å². The largest absolute Gasteiger partial charge is 0.384 e. The number of benzene rings is 1. The molecule has 0 aliphatic heterocycles. The molecule has 0 saturated carbocycles. The molecule has 0 aliphatic rings. The van der Waals surface area contributed by atoms with Crippen molar-refractivity contribution in [2.24, 2.45) is 0 Å². The van der Waals surface area contributed by atoms with Crippen LogP contribution in [0, 0.1) is 13.8 Å². The van der Waals surface area contributed by atoms with E-state index < -0.39 is 0 Å². The maximum absolute atomic E-state index is 3.38.